The van der Waals surface area contributed by atoms with Crippen molar-refractivity contribution in [2.75, 3.05) is 31.0 Å². The van der Waals surface area contributed by atoms with E-state index in [0.29, 0.717) is 41.2 Å². The van der Waals surface area contributed by atoms with Crippen molar-refractivity contribution >= 4 is 61.8 Å². The highest BCUT2D eigenvalue weighted by Gasteiger charge is 2.21. The number of carbonyl (C=O) groups is 3. The molecule has 0 radical (unpaired) electrons. The normalized spacial score (nSPS) is 10.8. The van der Waals surface area contributed by atoms with Crippen LogP contribution in [-0.2, 0) is 14.3 Å². The van der Waals surface area contributed by atoms with E-state index in [4.69, 9.17) is 16.3 Å². The molecule has 3 N–H and O–H groups in total. The molecule has 10 heteroatoms. The molecule has 0 bridgehead atoms. The molecule has 1 heterocycles. The highest BCUT2D eigenvalue weighted by molar-refractivity contribution is 9.10. The molecule has 32 heavy (non-hydrogen) atoms. The van der Waals surface area contributed by atoms with Crippen molar-refractivity contribution in [1.29, 1.82) is 0 Å². The van der Waals surface area contributed by atoms with Gasteiger partial charge in [-0.1, -0.05) is 33.6 Å². The molecule has 0 fully saturated rings. The second-order valence-electron chi connectivity index (χ2n) is 7.03. The first-order valence-electron chi connectivity index (χ1n) is 9.77. The Morgan fingerprint density at radius 1 is 1.09 bits per heavy atom. The molecule has 1 aromatic heterocycles. The minimum atomic E-state index is -0.893. The van der Waals surface area contributed by atoms with E-state index in [1.165, 1.54) is 4.68 Å². The third kappa shape index (κ3) is 5.67. The minimum Gasteiger partial charge on any atom is -0.385 e. The number of amides is 3. The van der Waals surface area contributed by atoms with Crippen molar-refractivity contribution in [2.24, 2.45) is 0 Å². The van der Waals surface area contributed by atoms with Gasteiger partial charge in [0.2, 0.25) is 0 Å². The van der Waals surface area contributed by atoms with E-state index in [-0.39, 0.29) is 5.69 Å². The predicted octanol–water partition coefficient (Wildman–Crippen LogP) is 3.84. The van der Waals surface area contributed by atoms with Crippen molar-refractivity contribution in [2.45, 2.75) is 13.3 Å². The van der Waals surface area contributed by atoms with Gasteiger partial charge in [0.15, 0.2) is 0 Å². The van der Waals surface area contributed by atoms with Crippen LogP contribution in [0.1, 0.15) is 22.5 Å². The van der Waals surface area contributed by atoms with Crippen LogP contribution in [0.5, 0.6) is 0 Å². The summed E-state index contributed by atoms with van der Waals surface area (Å²) in [5.74, 6) is -2.18. The van der Waals surface area contributed by atoms with Crippen LogP contribution in [0.2, 0.25) is 5.02 Å². The zero-order valence-corrected chi connectivity index (χ0v) is 19.8. The lowest BCUT2D eigenvalue weighted by atomic mass is 10.2. The van der Waals surface area contributed by atoms with Gasteiger partial charge in [-0.15, -0.1) is 0 Å². The molecule has 0 unspecified atom stereocenters. The van der Waals surface area contributed by atoms with Crippen LogP contribution >= 0.6 is 27.5 Å². The summed E-state index contributed by atoms with van der Waals surface area (Å²) in [6, 6.07) is 12.1. The Morgan fingerprint density at radius 3 is 2.59 bits per heavy atom. The van der Waals surface area contributed by atoms with Crippen LogP contribution in [0.15, 0.2) is 46.9 Å². The fraction of sp³-hybridized carbons (Fsp3) is 0.227. The molecule has 2 aromatic carbocycles. The van der Waals surface area contributed by atoms with Crippen molar-refractivity contribution in [3.8, 4) is 0 Å². The molecule has 8 nitrogen and oxygen atoms in total. The summed E-state index contributed by atoms with van der Waals surface area (Å²) in [6.07, 6.45) is 0.572. The van der Waals surface area contributed by atoms with Gasteiger partial charge < -0.3 is 15.4 Å². The van der Waals surface area contributed by atoms with E-state index >= 15 is 0 Å². The lowest BCUT2D eigenvalue weighted by Crippen LogP contribution is -2.40. The molecule has 0 aliphatic rings. The monoisotopic (exact) mass is 520 g/mol. The Kier molecular flexibility index (Phi) is 7.89. The van der Waals surface area contributed by atoms with Gasteiger partial charge >= 0.3 is 11.8 Å². The SMILES string of the molecule is COCCCNC(=O)C(=O)Nn1c(C(=O)Nc2ccc(C)c(Cl)c2)cc2cc(Br)ccc21. The zero-order chi connectivity index (χ0) is 23.3. The second kappa shape index (κ2) is 10.6. The summed E-state index contributed by atoms with van der Waals surface area (Å²) in [5, 5.41) is 6.51. The van der Waals surface area contributed by atoms with E-state index in [1.54, 1.807) is 43.5 Å². The van der Waals surface area contributed by atoms with Gasteiger partial charge in [-0.2, -0.15) is 0 Å². The van der Waals surface area contributed by atoms with E-state index in [0.717, 1.165) is 10.0 Å². The van der Waals surface area contributed by atoms with Crippen LogP contribution in [0.3, 0.4) is 0 Å². The number of aromatic nitrogens is 1. The fourth-order valence-corrected chi connectivity index (χ4v) is 3.55. The largest absolute Gasteiger partial charge is 0.385 e. The van der Waals surface area contributed by atoms with Crippen LogP contribution in [0, 0.1) is 6.92 Å². The van der Waals surface area contributed by atoms with E-state index in [2.05, 4.69) is 32.0 Å². The Hall–Kier alpha value is -2.88. The van der Waals surface area contributed by atoms with Gasteiger partial charge in [-0.3, -0.25) is 19.8 Å². The third-order valence-corrected chi connectivity index (χ3v) is 5.56. The number of aryl methyl sites for hydroxylation is 1. The summed E-state index contributed by atoms with van der Waals surface area (Å²) in [4.78, 5) is 37.7. The number of rotatable bonds is 7. The number of anilines is 1. The first-order chi connectivity index (χ1) is 15.3. The number of halogens is 2. The minimum absolute atomic E-state index is 0.148. The van der Waals surface area contributed by atoms with Gasteiger partial charge in [0.1, 0.15) is 5.69 Å². The van der Waals surface area contributed by atoms with E-state index < -0.39 is 17.7 Å². The van der Waals surface area contributed by atoms with Gasteiger partial charge in [-0.25, -0.2) is 4.68 Å². The van der Waals surface area contributed by atoms with Crippen molar-refractivity contribution < 1.29 is 19.1 Å². The number of methoxy groups -OCH3 is 1. The molecule has 168 valence electrons. The van der Waals surface area contributed by atoms with Gasteiger partial charge in [0.05, 0.1) is 5.52 Å². The molecule has 3 aromatic rings. The summed E-state index contributed by atoms with van der Waals surface area (Å²) in [6.45, 7) is 2.62. The molecule has 0 atom stereocenters. The second-order valence-corrected chi connectivity index (χ2v) is 8.35. The number of carbonyl (C=O) groups excluding carboxylic acids is 3. The Bertz CT molecular complexity index is 1180. The van der Waals surface area contributed by atoms with Gasteiger partial charge in [0.25, 0.3) is 5.91 Å². The van der Waals surface area contributed by atoms with Crippen LogP contribution in [-0.4, -0.2) is 42.7 Å². The Morgan fingerprint density at radius 2 is 1.88 bits per heavy atom. The van der Waals surface area contributed by atoms with Crippen LogP contribution < -0.4 is 16.1 Å². The topological polar surface area (TPSA) is 101 Å². The third-order valence-electron chi connectivity index (χ3n) is 4.66. The van der Waals surface area contributed by atoms with Crippen LogP contribution in [0.25, 0.3) is 10.9 Å². The molecule has 3 amide bonds. The maximum atomic E-state index is 13.0. The zero-order valence-electron chi connectivity index (χ0n) is 17.5. The van der Waals surface area contributed by atoms with Gasteiger partial charge in [-0.05, 0) is 55.3 Å². The highest BCUT2D eigenvalue weighted by Crippen LogP contribution is 2.25. The summed E-state index contributed by atoms with van der Waals surface area (Å²) in [7, 11) is 1.56. The smallest absolute Gasteiger partial charge is 0.328 e. The number of fused-ring (bicyclic) bond motifs is 1. The lowest BCUT2D eigenvalue weighted by molar-refractivity contribution is -0.136. The molecule has 0 aliphatic carbocycles. The maximum absolute atomic E-state index is 13.0. The van der Waals surface area contributed by atoms with Crippen molar-refractivity contribution in [1.82, 2.24) is 9.99 Å². The average molecular weight is 522 g/mol. The maximum Gasteiger partial charge on any atom is 0.328 e. The molecule has 0 aliphatic heterocycles. The lowest BCUT2D eigenvalue weighted by Gasteiger charge is -2.13. The first kappa shape index (κ1) is 23.8. The number of benzene rings is 2. The van der Waals surface area contributed by atoms with Crippen LogP contribution in [0.4, 0.5) is 5.69 Å². The molecule has 0 spiro atoms. The quantitative estimate of drug-likeness (QED) is 0.325. The number of ether oxygens (including phenoxy) is 1. The van der Waals surface area contributed by atoms with E-state index in [9.17, 15) is 14.4 Å². The van der Waals surface area contributed by atoms with E-state index in [1.807, 2.05) is 13.0 Å². The molecular weight excluding hydrogens is 500 g/mol. The Balaban J connectivity index is 1.86. The molecule has 0 saturated heterocycles. The standard InChI is InChI=1S/C22H22BrClN4O4/c1-13-4-6-16(12-17(13)24)26-20(29)19-11-14-10-15(23)5-7-18(14)28(19)27-22(31)21(30)25-8-3-9-32-2/h4-7,10-12H,3,8-9H2,1-2H3,(H,25,30)(H,26,29)(H,27,31). The van der Waals surface area contributed by atoms with Crippen molar-refractivity contribution in [3.05, 3.63) is 63.2 Å². The van der Waals surface area contributed by atoms with Gasteiger partial charge in [0, 0.05) is 40.8 Å². The summed E-state index contributed by atoms with van der Waals surface area (Å²) < 4.78 is 7.02. The highest BCUT2D eigenvalue weighted by atomic mass is 79.9. The first-order valence-corrected chi connectivity index (χ1v) is 10.9. The number of nitrogens with zero attached hydrogens (tertiary/aromatic N) is 1. The number of nitrogens with one attached hydrogen (secondary N) is 3. The molecular formula is C22H22BrClN4O4. The molecule has 3 rings (SSSR count). The molecule has 0 saturated carbocycles. The fourth-order valence-electron chi connectivity index (χ4n) is 2.99. The van der Waals surface area contributed by atoms with Crippen molar-refractivity contribution in [3.63, 3.8) is 0 Å². The average Bonchev–Trinajstić information content (AvgIpc) is 3.11. The number of hydrogen-bond donors (Lipinski definition) is 3. The summed E-state index contributed by atoms with van der Waals surface area (Å²) in [5.41, 5.74) is 4.61. The summed E-state index contributed by atoms with van der Waals surface area (Å²) >= 11 is 9.55. The Labute approximate surface area is 198 Å². The number of hydrogen-bond acceptors (Lipinski definition) is 4. The predicted molar refractivity (Wildman–Crippen MR) is 128 cm³/mol.